The lowest BCUT2D eigenvalue weighted by Gasteiger charge is -2.20. The third-order valence-electron chi connectivity index (χ3n) is 6.98. The van der Waals surface area contributed by atoms with Crippen LogP contribution in [0, 0.1) is 5.41 Å². The summed E-state index contributed by atoms with van der Waals surface area (Å²) in [4.78, 5) is 35.1. The van der Waals surface area contributed by atoms with Crippen LogP contribution in [0.5, 0.6) is 0 Å². The highest BCUT2D eigenvalue weighted by Crippen LogP contribution is 2.22. The molecule has 1 saturated heterocycles. The molecule has 11 nitrogen and oxygen atoms in total. The molecule has 4 aromatic rings. The fraction of sp³-hybridized carbons (Fsp3) is 0.310. The summed E-state index contributed by atoms with van der Waals surface area (Å²) in [5.41, 5.74) is 9.78. The Hall–Kier alpha value is -4.48. The number of nitrogens with two attached hydrogens (primary N) is 1. The predicted octanol–water partition coefficient (Wildman–Crippen LogP) is 1.75. The molecule has 11 heteroatoms. The van der Waals surface area contributed by atoms with Gasteiger partial charge in [-0.1, -0.05) is 36.4 Å². The molecule has 0 spiro atoms. The van der Waals surface area contributed by atoms with Crippen molar-refractivity contribution in [2.75, 3.05) is 39.3 Å². The highest BCUT2D eigenvalue weighted by molar-refractivity contribution is 5.94. The Morgan fingerprint density at radius 2 is 1.77 bits per heavy atom. The van der Waals surface area contributed by atoms with E-state index in [-0.39, 0.29) is 17.4 Å². The minimum atomic E-state index is -0.301. The molecule has 40 heavy (non-hydrogen) atoms. The van der Waals surface area contributed by atoms with E-state index < -0.39 is 0 Å². The number of nitrogens with zero attached hydrogens (tertiary/aromatic N) is 3. The maximum Gasteiger partial charge on any atom is 0.282 e. The molecule has 3 heterocycles. The van der Waals surface area contributed by atoms with Crippen LogP contribution >= 0.6 is 0 Å². The summed E-state index contributed by atoms with van der Waals surface area (Å²) in [6.45, 7) is 5.39. The normalized spacial score (nSPS) is 13.8. The molecule has 0 bridgehead atoms. The van der Waals surface area contributed by atoms with E-state index in [4.69, 9.17) is 11.1 Å². The number of benzene rings is 2. The lowest BCUT2D eigenvalue weighted by atomic mass is 10.1. The van der Waals surface area contributed by atoms with Gasteiger partial charge in [-0.2, -0.15) is 4.98 Å². The van der Waals surface area contributed by atoms with Crippen LogP contribution in [0.25, 0.3) is 28.2 Å². The summed E-state index contributed by atoms with van der Waals surface area (Å²) in [6.07, 6.45) is 5.51. The number of imidazole rings is 1. The number of guanidine groups is 1. The summed E-state index contributed by atoms with van der Waals surface area (Å²) in [5, 5.41) is 16.6. The number of aromatic amines is 1. The Balaban J connectivity index is 1.25. The maximum atomic E-state index is 12.9. The second kappa shape index (κ2) is 12.6. The molecule has 5 rings (SSSR count). The molecule has 1 fully saturated rings. The molecular weight excluding hydrogens is 506 g/mol. The van der Waals surface area contributed by atoms with Crippen molar-refractivity contribution in [3.63, 3.8) is 0 Å². The summed E-state index contributed by atoms with van der Waals surface area (Å²) >= 11 is 0. The third kappa shape index (κ3) is 6.56. The van der Waals surface area contributed by atoms with Gasteiger partial charge in [-0.05, 0) is 54.8 Å². The van der Waals surface area contributed by atoms with E-state index in [1.165, 1.54) is 0 Å². The monoisotopic (exact) mass is 541 g/mol. The zero-order valence-corrected chi connectivity index (χ0v) is 22.4. The smallest absolute Gasteiger partial charge is 0.282 e. The molecule has 208 valence electrons. The molecule has 0 saturated carbocycles. The van der Waals surface area contributed by atoms with Crippen molar-refractivity contribution in [2.24, 2.45) is 5.73 Å². The number of aromatic nitrogens is 3. The zero-order valence-electron chi connectivity index (χ0n) is 22.4. The van der Waals surface area contributed by atoms with Gasteiger partial charge in [0.25, 0.3) is 11.5 Å². The number of fused-ring (bicyclic) bond motifs is 1. The molecule has 7 N–H and O–H groups in total. The van der Waals surface area contributed by atoms with E-state index in [0.717, 1.165) is 61.4 Å². The summed E-state index contributed by atoms with van der Waals surface area (Å²) < 4.78 is 1.82. The maximum absolute atomic E-state index is 12.9. The van der Waals surface area contributed by atoms with Gasteiger partial charge in [-0.3, -0.25) is 19.4 Å². The Bertz CT molecular complexity index is 1520. The van der Waals surface area contributed by atoms with Gasteiger partial charge in [0, 0.05) is 50.7 Å². The molecule has 2 aromatic heterocycles. The van der Waals surface area contributed by atoms with Gasteiger partial charge in [-0.15, -0.1) is 0 Å². The average molecular weight is 542 g/mol. The van der Waals surface area contributed by atoms with Crippen LogP contribution in [0.3, 0.4) is 0 Å². The van der Waals surface area contributed by atoms with Crippen LogP contribution in [0.2, 0.25) is 0 Å². The van der Waals surface area contributed by atoms with Crippen LogP contribution in [-0.4, -0.2) is 70.4 Å². The van der Waals surface area contributed by atoms with Crippen molar-refractivity contribution < 1.29 is 4.79 Å². The summed E-state index contributed by atoms with van der Waals surface area (Å²) in [5.74, 6) is 0.493. The van der Waals surface area contributed by atoms with Crippen LogP contribution < -0.4 is 27.2 Å². The first-order chi connectivity index (χ1) is 19.5. The number of hydrogen-bond acceptors (Lipinski definition) is 6. The van der Waals surface area contributed by atoms with E-state index in [2.05, 4.69) is 25.9 Å². The first-order valence-corrected chi connectivity index (χ1v) is 13.6. The number of carbonyl (C=O) groups is 1. The number of carbonyl (C=O) groups excluding carboxylic acids is 1. The van der Waals surface area contributed by atoms with Crippen LogP contribution in [0.1, 0.15) is 28.8 Å². The van der Waals surface area contributed by atoms with E-state index in [1.807, 2.05) is 64.0 Å². The SMILES string of the molecule is N=C(N)NCCCNCc1ccc(-c2cn3cc(-c4ccc(C(=O)N5CCCNCC5)cc4)[nH]c3nc2=O)cc1. The second-order valence-electron chi connectivity index (χ2n) is 9.90. The Labute approximate surface area is 232 Å². The van der Waals surface area contributed by atoms with E-state index in [1.54, 1.807) is 6.20 Å². The third-order valence-corrected chi connectivity index (χ3v) is 6.98. The van der Waals surface area contributed by atoms with E-state index in [0.29, 0.717) is 36.5 Å². The number of rotatable bonds is 9. The van der Waals surface area contributed by atoms with E-state index >= 15 is 0 Å². The van der Waals surface area contributed by atoms with Crippen molar-refractivity contribution in [2.45, 2.75) is 19.4 Å². The van der Waals surface area contributed by atoms with Gasteiger partial charge in [0.15, 0.2) is 5.96 Å². The molecule has 0 atom stereocenters. The van der Waals surface area contributed by atoms with Gasteiger partial charge in [0.1, 0.15) is 0 Å². The Morgan fingerprint density at radius 1 is 1.00 bits per heavy atom. The number of hydrogen-bond donors (Lipinski definition) is 6. The number of H-pyrrole nitrogens is 1. The number of amides is 1. The topological polar surface area (TPSA) is 156 Å². The standard InChI is InChI=1S/C29H35N9O2/c30-28(31)34-13-1-11-33-17-20-3-5-21(6-4-20)24-18-38-19-25(35-29(38)36-26(24)39)22-7-9-23(10-8-22)27(40)37-15-2-12-32-14-16-37/h3-10,18-19,32-33H,1-2,11-17H2,(H4,30,31,34)(H,35,36,39). The molecule has 2 aromatic carbocycles. The molecule has 0 unspecified atom stereocenters. The summed E-state index contributed by atoms with van der Waals surface area (Å²) in [7, 11) is 0. The second-order valence-corrected chi connectivity index (χ2v) is 9.90. The average Bonchev–Trinajstić information content (AvgIpc) is 3.18. The van der Waals surface area contributed by atoms with Crippen molar-refractivity contribution >= 4 is 17.6 Å². The van der Waals surface area contributed by atoms with Gasteiger partial charge in [0.2, 0.25) is 5.78 Å². The van der Waals surface area contributed by atoms with E-state index in [9.17, 15) is 9.59 Å². The molecule has 1 aliphatic heterocycles. The Morgan fingerprint density at radius 3 is 2.55 bits per heavy atom. The van der Waals surface area contributed by atoms with Gasteiger partial charge in [-0.25, -0.2) is 0 Å². The molecule has 1 aliphatic rings. The number of nitrogens with one attached hydrogen (secondary N) is 5. The fourth-order valence-corrected chi connectivity index (χ4v) is 4.79. The van der Waals surface area contributed by atoms with Crippen LogP contribution in [0.15, 0.2) is 65.7 Å². The van der Waals surface area contributed by atoms with Gasteiger partial charge >= 0.3 is 0 Å². The largest absolute Gasteiger partial charge is 0.370 e. The fourth-order valence-electron chi connectivity index (χ4n) is 4.79. The van der Waals surface area contributed by atoms with Gasteiger partial charge < -0.3 is 31.6 Å². The molecular formula is C29H35N9O2. The highest BCUT2D eigenvalue weighted by atomic mass is 16.2. The van der Waals surface area contributed by atoms with Crippen molar-refractivity contribution in [3.05, 3.63) is 82.4 Å². The minimum absolute atomic E-state index is 0.0153. The van der Waals surface area contributed by atoms with Crippen LogP contribution in [-0.2, 0) is 6.54 Å². The Kier molecular flexibility index (Phi) is 8.53. The van der Waals surface area contributed by atoms with Crippen LogP contribution in [0.4, 0.5) is 0 Å². The predicted molar refractivity (Wildman–Crippen MR) is 156 cm³/mol. The lowest BCUT2D eigenvalue weighted by molar-refractivity contribution is 0.0766. The highest BCUT2D eigenvalue weighted by Gasteiger charge is 2.17. The summed E-state index contributed by atoms with van der Waals surface area (Å²) in [6, 6.07) is 15.4. The van der Waals surface area contributed by atoms with Crippen molar-refractivity contribution in [3.8, 4) is 22.4 Å². The minimum Gasteiger partial charge on any atom is -0.370 e. The zero-order chi connectivity index (χ0) is 27.9. The quantitative estimate of drug-likeness (QED) is 0.107. The lowest BCUT2D eigenvalue weighted by Crippen LogP contribution is -2.34. The van der Waals surface area contributed by atoms with Gasteiger partial charge in [0.05, 0.1) is 11.3 Å². The molecule has 1 amide bonds. The van der Waals surface area contributed by atoms with Crippen molar-refractivity contribution in [1.29, 1.82) is 5.41 Å². The first kappa shape index (κ1) is 27.1. The van der Waals surface area contributed by atoms with Crippen molar-refractivity contribution in [1.82, 2.24) is 35.2 Å². The first-order valence-electron chi connectivity index (χ1n) is 13.6. The molecule has 0 radical (unpaired) electrons. The molecule has 0 aliphatic carbocycles.